The lowest BCUT2D eigenvalue weighted by Gasteiger charge is -2.21. The molecule has 0 radical (unpaired) electrons. The van der Waals surface area contributed by atoms with E-state index in [0.717, 1.165) is 10.2 Å². The van der Waals surface area contributed by atoms with Gasteiger partial charge in [0.15, 0.2) is 0 Å². The predicted molar refractivity (Wildman–Crippen MR) is 58.1 cm³/mol. The second-order valence-electron chi connectivity index (χ2n) is 2.88. The summed E-state index contributed by atoms with van der Waals surface area (Å²) in [6.45, 7) is 0.311. The van der Waals surface area contributed by atoms with Gasteiger partial charge < -0.3 is 4.90 Å². The molecule has 1 aliphatic rings. The van der Waals surface area contributed by atoms with Gasteiger partial charge in [-0.05, 0) is 24.3 Å². The standard InChI is InChI=1S/C9H8BrN3O/c10-7-1-3-8(4-2-7)13-5-9(14)12-11-6-13/h1-4,6H,5H2,(H,12,14). The Morgan fingerprint density at radius 1 is 1.36 bits per heavy atom. The Kier molecular flexibility index (Phi) is 2.49. The molecular weight excluding hydrogens is 246 g/mol. The van der Waals surface area contributed by atoms with Crippen molar-refractivity contribution >= 4 is 33.9 Å². The molecule has 4 nitrogen and oxygen atoms in total. The van der Waals surface area contributed by atoms with Crippen molar-refractivity contribution in [1.29, 1.82) is 0 Å². The predicted octanol–water partition coefficient (Wildman–Crippen LogP) is 1.33. The molecule has 14 heavy (non-hydrogen) atoms. The zero-order chi connectivity index (χ0) is 9.97. The van der Waals surface area contributed by atoms with Gasteiger partial charge in [0.2, 0.25) is 0 Å². The fourth-order valence-corrected chi connectivity index (χ4v) is 1.46. The Bertz CT molecular complexity index is 374. The molecule has 72 valence electrons. The van der Waals surface area contributed by atoms with Crippen molar-refractivity contribution in [1.82, 2.24) is 5.43 Å². The van der Waals surface area contributed by atoms with Gasteiger partial charge in [0.05, 0.1) is 0 Å². The van der Waals surface area contributed by atoms with Crippen LogP contribution in [0.15, 0.2) is 33.8 Å². The number of hydrogen-bond donors (Lipinski definition) is 1. The van der Waals surface area contributed by atoms with Gasteiger partial charge in [0, 0.05) is 10.2 Å². The number of nitrogens with zero attached hydrogens (tertiary/aromatic N) is 2. The third-order valence-electron chi connectivity index (χ3n) is 1.86. The Morgan fingerprint density at radius 2 is 2.07 bits per heavy atom. The monoisotopic (exact) mass is 253 g/mol. The fraction of sp³-hybridized carbons (Fsp3) is 0.111. The Hall–Kier alpha value is -1.36. The zero-order valence-electron chi connectivity index (χ0n) is 7.27. The van der Waals surface area contributed by atoms with Crippen LogP contribution in [0.2, 0.25) is 0 Å². The van der Waals surface area contributed by atoms with Crippen LogP contribution in [0.1, 0.15) is 0 Å². The summed E-state index contributed by atoms with van der Waals surface area (Å²) >= 11 is 3.35. The lowest BCUT2D eigenvalue weighted by atomic mass is 10.3. The third-order valence-corrected chi connectivity index (χ3v) is 2.39. The maximum atomic E-state index is 11.0. The Morgan fingerprint density at radius 3 is 2.71 bits per heavy atom. The first-order valence-corrected chi connectivity index (χ1v) is 4.89. The summed E-state index contributed by atoms with van der Waals surface area (Å²) in [6.07, 6.45) is 1.60. The number of rotatable bonds is 1. The normalized spacial score (nSPS) is 15.5. The van der Waals surface area contributed by atoms with E-state index in [9.17, 15) is 4.79 Å². The first-order chi connectivity index (χ1) is 6.75. The highest BCUT2D eigenvalue weighted by molar-refractivity contribution is 9.10. The largest absolute Gasteiger partial charge is 0.321 e. The molecule has 1 aromatic carbocycles. The van der Waals surface area contributed by atoms with E-state index in [1.807, 2.05) is 24.3 Å². The third kappa shape index (κ3) is 1.93. The van der Waals surface area contributed by atoms with E-state index in [0.29, 0.717) is 6.54 Å². The number of anilines is 1. The molecular formula is C9H8BrN3O. The summed E-state index contributed by atoms with van der Waals surface area (Å²) in [7, 11) is 0. The molecule has 1 heterocycles. The van der Waals surface area contributed by atoms with Crippen LogP contribution in [0.5, 0.6) is 0 Å². The highest BCUT2D eigenvalue weighted by Gasteiger charge is 2.12. The van der Waals surface area contributed by atoms with Crippen molar-refractivity contribution in [3.63, 3.8) is 0 Å². The number of hydrogen-bond acceptors (Lipinski definition) is 3. The molecule has 1 aliphatic heterocycles. The van der Waals surface area contributed by atoms with Crippen LogP contribution < -0.4 is 10.3 Å². The van der Waals surface area contributed by atoms with Gasteiger partial charge in [-0.1, -0.05) is 15.9 Å². The highest BCUT2D eigenvalue weighted by atomic mass is 79.9. The van der Waals surface area contributed by atoms with Crippen LogP contribution >= 0.6 is 15.9 Å². The summed E-state index contributed by atoms with van der Waals surface area (Å²) < 4.78 is 1.01. The summed E-state index contributed by atoms with van der Waals surface area (Å²) in [6, 6.07) is 7.70. The summed E-state index contributed by atoms with van der Waals surface area (Å²) in [5.41, 5.74) is 3.32. The van der Waals surface area contributed by atoms with E-state index < -0.39 is 0 Å². The van der Waals surface area contributed by atoms with Gasteiger partial charge in [-0.2, -0.15) is 5.10 Å². The average molecular weight is 254 g/mol. The van der Waals surface area contributed by atoms with Crippen molar-refractivity contribution in [2.24, 2.45) is 5.10 Å². The molecule has 0 spiro atoms. The van der Waals surface area contributed by atoms with Gasteiger partial charge in [0.25, 0.3) is 5.91 Å². The van der Waals surface area contributed by atoms with Crippen LogP contribution in [0.3, 0.4) is 0 Å². The molecule has 0 aromatic heterocycles. The van der Waals surface area contributed by atoms with E-state index in [2.05, 4.69) is 26.5 Å². The van der Waals surface area contributed by atoms with E-state index in [-0.39, 0.29) is 5.91 Å². The maximum absolute atomic E-state index is 11.0. The fourth-order valence-electron chi connectivity index (χ4n) is 1.19. The molecule has 2 rings (SSSR count). The quantitative estimate of drug-likeness (QED) is 0.821. The second-order valence-corrected chi connectivity index (χ2v) is 3.80. The van der Waals surface area contributed by atoms with E-state index in [4.69, 9.17) is 0 Å². The number of carbonyl (C=O) groups is 1. The number of amides is 1. The molecule has 1 aromatic rings. The number of nitrogens with one attached hydrogen (secondary N) is 1. The average Bonchev–Trinajstić information content (AvgIpc) is 2.19. The molecule has 1 N–H and O–H groups in total. The molecule has 0 fully saturated rings. The van der Waals surface area contributed by atoms with Crippen molar-refractivity contribution in [2.75, 3.05) is 11.4 Å². The highest BCUT2D eigenvalue weighted by Crippen LogP contribution is 2.17. The zero-order valence-corrected chi connectivity index (χ0v) is 8.86. The SMILES string of the molecule is O=C1CN(c2ccc(Br)cc2)C=NN1. The molecule has 0 aliphatic carbocycles. The van der Waals surface area contributed by atoms with Crippen molar-refractivity contribution in [3.05, 3.63) is 28.7 Å². The van der Waals surface area contributed by atoms with E-state index >= 15 is 0 Å². The molecule has 0 bridgehead atoms. The minimum Gasteiger partial charge on any atom is -0.321 e. The number of halogens is 1. The summed E-state index contributed by atoms with van der Waals surface area (Å²) in [5, 5.41) is 3.73. The van der Waals surface area contributed by atoms with Gasteiger partial charge in [-0.3, -0.25) is 4.79 Å². The molecule has 5 heteroatoms. The second kappa shape index (κ2) is 3.79. The Balaban J connectivity index is 2.22. The first-order valence-electron chi connectivity index (χ1n) is 4.10. The molecule has 0 saturated heterocycles. The maximum Gasteiger partial charge on any atom is 0.260 e. The number of hydrazone groups is 1. The summed E-state index contributed by atoms with van der Waals surface area (Å²) in [4.78, 5) is 12.8. The summed E-state index contributed by atoms with van der Waals surface area (Å²) in [5.74, 6) is -0.101. The van der Waals surface area contributed by atoms with E-state index in [1.54, 1.807) is 11.2 Å². The first kappa shape index (κ1) is 9.21. The van der Waals surface area contributed by atoms with Gasteiger partial charge in [-0.15, -0.1) is 0 Å². The van der Waals surface area contributed by atoms with Crippen LogP contribution in [-0.2, 0) is 4.79 Å². The topological polar surface area (TPSA) is 44.7 Å². The van der Waals surface area contributed by atoms with Crippen molar-refractivity contribution in [2.45, 2.75) is 0 Å². The van der Waals surface area contributed by atoms with E-state index in [1.165, 1.54) is 0 Å². The minimum absolute atomic E-state index is 0.101. The molecule has 0 saturated carbocycles. The van der Waals surface area contributed by atoms with Crippen molar-refractivity contribution in [3.8, 4) is 0 Å². The number of carbonyl (C=O) groups excluding carboxylic acids is 1. The smallest absolute Gasteiger partial charge is 0.260 e. The molecule has 1 amide bonds. The Labute approximate surface area is 89.7 Å². The molecule has 0 unspecified atom stereocenters. The van der Waals surface area contributed by atoms with Gasteiger partial charge in [-0.25, -0.2) is 5.43 Å². The van der Waals surface area contributed by atoms with Gasteiger partial charge in [0.1, 0.15) is 12.9 Å². The molecule has 0 atom stereocenters. The lowest BCUT2D eigenvalue weighted by Crippen LogP contribution is -2.39. The van der Waals surface area contributed by atoms with Gasteiger partial charge >= 0.3 is 0 Å². The number of benzene rings is 1. The van der Waals surface area contributed by atoms with Crippen LogP contribution in [-0.4, -0.2) is 18.8 Å². The van der Waals surface area contributed by atoms with Crippen LogP contribution in [0.25, 0.3) is 0 Å². The van der Waals surface area contributed by atoms with Crippen LogP contribution in [0.4, 0.5) is 5.69 Å². The van der Waals surface area contributed by atoms with Crippen molar-refractivity contribution < 1.29 is 4.79 Å². The minimum atomic E-state index is -0.101. The lowest BCUT2D eigenvalue weighted by molar-refractivity contribution is -0.119. The van der Waals surface area contributed by atoms with Crippen LogP contribution in [0, 0.1) is 0 Å².